The molecule has 11 aromatic rings. The summed E-state index contributed by atoms with van der Waals surface area (Å²) in [5.74, 6) is -1.43. The van der Waals surface area contributed by atoms with Gasteiger partial charge in [0, 0.05) is 71.5 Å². The molecular formula is C88H94ClN5O18S. The lowest BCUT2D eigenvalue weighted by molar-refractivity contribution is -0.152. The number of aromatic hydroxyl groups is 1. The fourth-order valence-electron chi connectivity index (χ4n) is 12.3. The minimum Gasteiger partial charge on any atom is -0.507 e. The number of nitrogens with two attached hydrogens (primary N) is 1. The van der Waals surface area contributed by atoms with E-state index in [-0.39, 0.29) is 65.9 Å². The van der Waals surface area contributed by atoms with E-state index in [4.69, 9.17) is 50.5 Å². The van der Waals surface area contributed by atoms with E-state index in [2.05, 4.69) is 5.32 Å². The lowest BCUT2D eigenvalue weighted by Crippen LogP contribution is -2.45. The normalized spacial score (nSPS) is 13.7. The molecule has 0 spiro atoms. The minimum absolute atomic E-state index is 0.0641. The number of aliphatic hydroxyl groups is 1. The summed E-state index contributed by atoms with van der Waals surface area (Å²) in [6.07, 6.45) is -1.29. The van der Waals surface area contributed by atoms with Gasteiger partial charge < -0.3 is 69.4 Å². The number of carboxylic acid groups (broad SMARTS) is 2. The SMILES string of the molecule is CC(=O)CC(c1ccccc1)c1c(O)c2ccccc2oc1=O.CC(C)NCC(O)COc1ccc(CC(N)=O)cc1.COc1ccc([C@@H]2Sc3ccccc3N(CCN(C)C)C(=O)[C@@H]2OC(C)=O)cc1.COc1ccc2c(c1)c(CC(=O)O)c(C)n2C(=O)c1ccc(Cl)cc1.COc1ccc2cc([C@H](C)C(=O)O)ccc2c1. The highest BCUT2D eigenvalue weighted by Crippen LogP contribution is 2.47. The van der Waals surface area contributed by atoms with Crippen molar-refractivity contribution in [3.05, 3.63) is 266 Å². The van der Waals surface area contributed by atoms with Crippen LogP contribution in [0.15, 0.2) is 220 Å². The number of esters is 1. The first-order valence-corrected chi connectivity index (χ1v) is 37.5. The molecule has 0 saturated carbocycles. The Morgan fingerprint density at radius 2 is 1.28 bits per heavy atom. The van der Waals surface area contributed by atoms with Crippen molar-refractivity contribution in [2.75, 3.05) is 66.6 Å². The number of aliphatic hydroxyl groups excluding tert-OH is 1. The van der Waals surface area contributed by atoms with Gasteiger partial charge in [0.05, 0.1) is 67.5 Å². The van der Waals surface area contributed by atoms with E-state index < -0.39 is 47.6 Å². The highest BCUT2D eigenvalue weighted by atomic mass is 35.5. The molecule has 592 valence electrons. The third-order valence-corrected chi connectivity index (χ3v) is 19.8. The van der Waals surface area contributed by atoms with Gasteiger partial charge in [-0.1, -0.05) is 129 Å². The Morgan fingerprint density at radius 3 is 1.90 bits per heavy atom. The van der Waals surface area contributed by atoms with Crippen LogP contribution in [0.2, 0.25) is 5.02 Å². The van der Waals surface area contributed by atoms with Crippen molar-refractivity contribution in [2.45, 2.75) is 101 Å². The van der Waals surface area contributed by atoms with Crippen LogP contribution >= 0.6 is 23.4 Å². The number of thioether (sulfide) groups is 1. The van der Waals surface area contributed by atoms with E-state index in [0.29, 0.717) is 80.9 Å². The van der Waals surface area contributed by atoms with E-state index in [1.54, 1.807) is 143 Å². The second-order valence-electron chi connectivity index (χ2n) is 27.1. The molecule has 0 radical (unpaired) electrons. The quantitative estimate of drug-likeness (QED) is 0.0229. The molecule has 1 aliphatic heterocycles. The number of benzene rings is 9. The average molecular weight is 1580 g/mol. The fourth-order valence-corrected chi connectivity index (χ4v) is 13.8. The number of methoxy groups -OCH3 is 3. The third-order valence-electron chi connectivity index (χ3n) is 18.2. The van der Waals surface area contributed by atoms with Gasteiger partial charge >= 0.3 is 23.5 Å². The largest absolute Gasteiger partial charge is 0.507 e. The molecule has 25 heteroatoms. The molecule has 113 heavy (non-hydrogen) atoms. The number of carboxylic acids is 2. The maximum Gasteiger partial charge on any atom is 0.343 e. The van der Waals surface area contributed by atoms with Gasteiger partial charge in [0.2, 0.25) is 5.91 Å². The van der Waals surface area contributed by atoms with Crippen LogP contribution in [0.3, 0.4) is 0 Å². The van der Waals surface area contributed by atoms with Crippen molar-refractivity contribution in [1.82, 2.24) is 14.8 Å². The number of likely N-dealkylation sites (N-methyl/N-ethyl adjacent to an activating group) is 1. The number of carbonyl (C=O) groups excluding carboxylic acids is 5. The zero-order valence-electron chi connectivity index (χ0n) is 64.8. The van der Waals surface area contributed by atoms with Gasteiger partial charge in [0.1, 0.15) is 52.8 Å². The number of nitrogens with one attached hydrogen (secondary N) is 1. The lowest BCUT2D eigenvalue weighted by Gasteiger charge is -2.28. The predicted molar refractivity (Wildman–Crippen MR) is 439 cm³/mol. The summed E-state index contributed by atoms with van der Waals surface area (Å²) >= 11 is 7.43. The Balaban J connectivity index is 0.000000179. The Kier molecular flexibility index (Phi) is 31.8. The van der Waals surface area contributed by atoms with Crippen molar-refractivity contribution in [3.8, 4) is 28.7 Å². The van der Waals surface area contributed by atoms with Crippen molar-refractivity contribution in [1.29, 1.82) is 0 Å². The number of primary amides is 1. The molecule has 23 nitrogen and oxygen atoms in total. The van der Waals surface area contributed by atoms with Crippen LogP contribution in [0.4, 0.5) is 5.69 Å². The first-order chi connectivity index (χ1) is 54.0. The van der Waals surface area contributed by atoms with E-state index in [0.717, 1.165) is 55.1 Å². The number of para-hydroxylation sites is 2. The molecule has 3 heterocycles. The van der Waals surface area contributed by atoms with Crippen molar-refractivity contribution in [3.63, 3.8) is 0 Å². The smallest absolute Gasteiger partial charge is 0.343 e. The van der Waals surface area contributed by atoms with Crippen molar-refractivity contribution >= 4 is 103 Å². The number of hydrogen-bond donors (Lipinski definition) is 6. The van der Waals surface area contributed by atoms with Crippen LogP contribution in [0.25, 0.3) is 32.6 Å². The molecule has 12 rings (SSSR count). The summed E-state index contributed by atoms with van der Waals surface area (Å²) in [5.41, 5.74) is 11.5. The highest BCUT2D eigenvalue weighted by molar-refractivity contribution is 7.99. The summed E-state index contributed by atoms with van der Waals surface area (Å²) in [5, 5.41) is 45.0. The standard InChI is InChI=1S/C22H26N2O4S.C19H16ClNO4.C19H16O4.C14H22N2O3.C14H14O3/c1-15(25)28-20-21(16-9-11-17(27-4)12-10-16)29-19-8-6-5-7-18(19)24(22(20)26)14-13-23(2)3;1-11-15(10-18(22)23)16-9-14(25-2)7-8-17(16)21(11)19(24)12-3-5-13(20)6-4-12;1-12(20)11-15(13-7-3-2-4-8-13)17-18(21)14-9-5-6-10-16(14)23-19(17)22;1-10(2)16-8-12(17)9-19-13-5-3-11(4-6-13)7-14(15)18;1-9(14(15)16)10-3-4-12-8-13(17-2)6-5-11(12)7-10/h5-12,20-21H,13-14H2,1-4H3;3-9H,10H2,1-2H3,(H,22,23);2-10,15,21H,11H2,1H3;3-6,10,12,16-17H,7-9H2,1-2H3,(H2,15,18);3-9H,1-2H3,(H,15,16)/t20-,21+;;;;9-/m1...0/s1. The Bertz CT molecular complexity index is 5170. The van der Waals surface area contributed by atoms with Gasteiger partial charge in [0.25, 0.3) is 11.8 Å². The molecule has 0 fully saturated rings. The number of nitrogens with zero attached hydrogens (tertiary/aromatic N) is 3. The topological polar surface area (TPSA) is 326 Å². The first-order valence-electron chi connectivity index (χ1n) is 36.2. The number of Topliss-reactive ketones (excluding diaryl/α,β-unsaturated/α-hetero) is 1. The van der Waals surface area contributed by atoms with Gasteiger partial charge in [0.15, 0.2) is 6.10 Å². The molecule has 1 aliphatic rings. The molecule has 0 saturated heterocycles. The van der Waals surface area contributed by atoms with Crippen LogP contribution < -0.4 is 40.5 Å². The Morgan fingerprint density at radius 1 is 0.681 bits per heavy atom. The van der Waals surface area contributed by atoms with Gasteiger partial charge in [-0.3, -0.25) is 38.1 Å². The van der Waals surface area contributed by atoms with Crippen LogP contribution in [-0.2, 0) is 46.3 Å². The van der Waals surface area contributed by atoms with E-state index in [1.807, 2.05) is 148 Å². The number of carbonyl (C=O) groups is 7. The summed E-state index contributed by atoms with van der Waals surface area (Å²) in [6, 6.07) is 62.1. The maximum absolute atomic E-state index is 13.6. The van der Waals surface area contributed by atoms with Crippen molar-refractivity contribution in [2.24, 2.45) is 5.73 Å². The number of halogens is 1. The molecule has 2 aromatic heterocycles. The van der Waals surface area contributed by atoms with E-state index in [1.165, 1.54) is 18.4 Å². The van der Waals surface area contributed by atoms with Crippen LogP contribution in [0.5, 0.6) is 28.7 Å². The van der Waals surface area contributed by atoms with Crippen LogP contribution in [-0.4, -0.2) is 151 Å². The molecule has 0 aliphatic carbocycles. The second-order valence-corrected chi connectivity index (χ2v) is 28.8. The van der Waals surface area contributed by atoms with Crippen LogP contribution in [0.1, 0.15) is 108 Å². The molecule has 7 N–H and O–H groups in total. The highest BCUT2D eigenvalue weighted by Gasteiger charge is 2.41. The van der Waals surface area contributed by atoms with Gasteiger partial charge in [-0.15, -0.1) is 11.8 Å². The van der Waals surface area contributed by atoms with Gasteiger partial charge in [-0.05, 0) is 177 Å². The number of fused-ring (bicyclic) bond motifs is 4. The monoisotopic (exact) mass is 1580 g/mol. The zero-order chi connectivity index (χ0) is 82.2. The average Bonchev–Trinajstić information content (AvgIpc) is 1.65. The first kappa shape index (κ1) is 86.8. The number of aliphatic carboxylic acids is 2. The minimum atomic E-state index is -0.955. The summed E-state index contributed by atoms with van der Waals surface area (Å²) < 4.78 is 33.5. The maximum atomic E-state index is 13.6. The fraction of sp³-hybridized carbons (Fsp3) is 0.273. The number of anilines is 1. The Labute approximate surface area is 664 Å². The molecule has 9 aromatic carbocycles. The molecule has 2 amide bonds. The molecular weight excluding hydrogens is 1480 g/mol. The van der Waals surface area contributed by atoms with E-state index >= 15 is 0 Å². The number of amides is 2. The molecule has 2 unspecified atom stereocenters. The summed E-state index contributed by atoms with van der Waals surface area (Å²) in [7, 11) is 8.71. The number of hydrogen-bond acceptors (Lipinski definition) is 19. The van der Waals surface area contributed by atoms with E-state index in [9.17, 15) is 53.7 Å². The van der Waals surface area contributed by atoms with Crippen LogP contribution in [0, 0.1) is 6.92 Å². The molecule has 5 atom stereocenters. The van der Waals surface area contributed by atoms with Gasteiger partial charge in [-0.2, -0.15) is 0 Å². The number of rotatable bonds is 25. The lowest BCUT2D eigenvalue weighted by atomic mass is 9.87. The third kappa shape index (κ3) is 24.1. The van der Waals surface area contributed by atoms with Crippen molar-refractivity contribution < 1.29 is 82.1 Å². The second kappa shape index (κ2) is 41.5. The predicted octanol–water partition coefficient (Wildman–Crippen LogP) is 14.4. The number of ether oxygens (including phenoxy) is 5. The summed E-state index contributed by atoms with van der Waals surface area (Å²) in [6.45, 7) is 12.2. The molecule has 0 bridgehead atoms. The Hall–Kier alpha value is -11.8. The number of ketones is 1. The number of aromatic nitrogens is 1. The van der Waals surface area contributed by atoms with Gasteiger partial charge in [-0.25, -0.2) is 4.79 Å². The zero-order valence-corrected chi connectivity index (χ0v) is 66.3. The summed E-state index contributed by atoms with van der Waals surface area (Å²) in [4.78, 5) is 100.